The van der Waals surface area contributed by atoms with Crippen molar-refractivity contribution in [1.29, 1.82) is 0 Å². The van der Waals surface area contributed by atoms with E-state index < -0.39 is 61.9 Å². The Morgan fingerprint density at radius 3 is 2.00 bits per heavy atom. The Morgan fingerprint density at radius 1 is 0.946 bits per heavy atom. The van der Waals surface area contributed by atoms with Gasteiger partial charge < -0.3 is 0 Å². The van der Waals surface area contributed by atoms with Crippen LogP contribution in [0.25, 0.3) is 0 Å². The van der Waals surface area contributed by atoms with Gasteiger partial charge in [0.25, 0.3) is 5.91 Å². The largest absolute Gasteiger partial charge is 0.435 e. The SMILES string of the molecule is Cc1c(N2C(=O)c3c(I)cccc3C2=NC(C)(C)CS(C)(=O)=O)cccc1C(F)(C(F)(F)F)C(F)(F)F. The minimum Gasteiger partial charge on any atom is -0.268 e. The maximum Gasteiger partial charge on any atom is 0.435 e. The van der Waals surface area contributed by atoms with Crippen LogP contribution in [0.4, 0.5) is 36.4 Å². The Bertz CT molecular complexity index is 1390. The number of hydrogen-bond donors (Lipinski definition) is 0. The number of amides is 1. The van der Waals surface area contributed by atoms with Crippen LogP contribution in [0.15, 0.2) is 41.4 Å². The minimum atomic E-state index is -6.35. The maximum atomic E-state index is 15.0. The van der Waals surface area contributed by atoms with Gasteiger partial charge in [0, 0.05) is 21.0 Å². The second-order valence-electron chi connectivity index (χ2n) is 9.22. The lowest BCUT2D eigenvalue weighted by molar-refractivity contribution is -0.348. The third-order valence-electron chi connectivity index (χ3n) is 5.61. The maximum absolute atomic E-state index is 15.0. The lowest BCUT2D eigenvalue weighted by atomic mass is 9.89. The Hall–Kier alpha value is -2.23. The van der Waals surface area contributed by atoms with E-state index in [0.29, 0.717) is 9.64 Å². The number of hydrogen-bond acceptors (Lipinski definition) is 4. The van der Waals surface area contributed by atoms with Crippen LogP contribution in [0.1, 0.15) is 40.9 Å². The summed E-state index contributed by atoms with van der Waals surface area (Å²) in [6.45, 7) is 3.73. The molecule has 3 rings (SSSR count). The van der Waals surface area contributed by atoms with Gasteiger partial charge in [0.2, 0.25) is 0 Å². The Morgan fingerprint density at radius 2 is 1.49 bits per heavy atom. The highest BCUT2D eigenvalue weighted by Crippen LogP contribution is 2.55. The monoisotopic (exact) mass is 664 g/mol. The molecule has 0 atom stereocenters. The van der Waals surface area contributed by atoms with Crippen molar-refractivity contribution in [1.82, 2.24) is 0 Å². The zero-order valence-electron chi connectivity index (χ0n) is 19.7. The first-order valence-electron chi connectivity index (χ1n) is 10.5. The van der Waals surface area contributed by atoms with Gasteiger partial charge in [-0.05, 0) is 61.1 Å². The molecule has 1 aliphatic heterocycles. The van der Waals surface area contributed by atoms with Crippen molar-refractivity contribution in [2.45, 2.75) is 44.3 Å². The summed E-state index contributed by atoms with van der Waals surface area (Å²) in [6.07, 6.45) is -11.7. The van der Waals surface area contributed by atoms with Gasteiger partial charge >= 0.3 is 18.0 Å². The van der Waals surface area contributed by atoms with Gasteiger partial charge in [-0.15, -0.1) is 0 Å². The van der Waals surface area contributed by atoms with E-state index in [1.54, 1.807) is 12.1 Å². The van der Waals surface area contributed by atoms with E-state index in [4.69, 9.17) is 0 Å². The molecule has 2 aromatic carbocycles. The van der Waals surface area contributed by atoms with Gasteiger partial charge in [-0.3, -0.25) is 14.7 Å². The standard InChI is InChI=1S/C23H20F7IN2O3S/c1-12-14(21(24,22(25,26)27)23(28,29)30)8-6-10-16(12)33-18(32-20(2,3)11-37(4,35)36)13-7-5-9-15(31)17(13)19(33)34/h5-10H,11H2,1-4H3. The molecule has 202 valence electrons. The fourth-order valence-electron chi connectivity index (χ4n) is 4.26. The van der Waals surface area contributed by atoms with Crippen LogP contribution in [0.5, 0.6) is 0 Å². The van der Waals surface area contributed by atoms with Crippen LogP contribution in [0.2, 0.25) is 0 Å². The summed E-state index contributed by atoms with van der Waals surface area (Å²) in [5.41, 5.74) is -9.77. The quantitative estimate of drug-likeness (QED) is 0.286. The van der Waals surface area contributed by atoms with Crippen molar-refractivity contribution in [3.63, 3.8) is 0 Å². The summed E-state index contributed by atoms with van der Waals surface area (Å²) < 4.78 is 120. The van der Waals surface area contributed by atoms with Gasteiger partial charge in [-0.2, -0.15) is 26.3 Å². The summed E-state index contributed by atoms with van der Waals surface area (Å²) >= 11 is 1.83. The van der Waals surface area contributed by atoms with Crippen molar-refractivity contribution in [3.8, 4) is 0 Å². The van der Waals surface area contributed by atoms with Crippen molar-refractivity contribution >= 4 is 49.9 Å². The van der Waals surface area contributed by atoms with Crippen molar-refractivity contribution in [3.05, 3.63) is 62.2 Å². The lowest BCUT2D eigenvalue weighted by Gasteiger charge is -2.33. The Labute approximate surface area is 221 Å². The molecule has 0 spiro atoms. The number of amidine groups is 1. The molecular formula is C23H20F7IN2O3S. The number of rotatable bonds is 5. The Balaban J connectivity index is 2.35. The third-order valence-corrected chi connectivity index (χ3v) is 7.74. The fraction of sp³-hybridized carbons (Fsp3) is 0.391. The van der Waals surface area contributed by atoms with E-state index in [-0.39, 0.29) is 17.0 Å². The molecule has 0 aromatic heterocycles. The van der Waals surface area contributed by atoms with Crippen LogP contribution in [0.3, 0.4) is 0 Å². The average molecular weight is 664 g/mol. The fourth-order valence-corrected chi connectivity index (χ4v) is 6.33. The molecule has 1 heterocycles. The summed E-state index contributed by atoms with van der Waals surface area (Å²) in [5.74, 6) is -1.48. The molecule has 14 heteroatoms. The van der Waals surface area contributed by atoms with Gasteiger partial charge in [0.05, 0.1) is 22.5 Å². The molecule has 0 radical (unpaired) electrons. The number of alkyl halides is 7. The van der Waals surface area contributed by atoms with E-state index in [0.717, 1.165) is 30.2 Å². The number of benzene rings is 2. The molecule has 1 amide bonds. The highest BCUT2D eigenvalue weighted by Gasteiger charge is 2.74. The second-order valence-corrected chi connectivity index (χ2v) is 12.5. The van der Waals surface area contributed by atoms with Crippen molar-refractivity contribution < 1.29 is 43.9 Å². The third kappa shape index (κ3) is 5.22. The summed E-state index contributed by atoms with van der Waals surface area (Å²) in [7, 11) is -3.58. The highest BCUT2D eigenvalue weighted by molar-refractivity contribution is 14.1. The molecule has 0 saturated heterocycles. The van der Waals surface area contributed by atoms with Crippen molar-refractivity contribution in [2.24, 2.45) is 4.99 Å². The summed E-state index contributed by atoms with van der Waals surface area (Å²) in [6, 6.07) is 6.80. The number of aliphatic imine (C=N–C) groups is 1. The van der Waals surface area contributed by atoms with Crippen LogP contribution in [0, 0.1) is 10.5 Å². The highest BCUT2D eigenvalue weighted by atomic mass is 127. The first kappa shape index (κ1) is 29.3. The number of sulfone groups is 1. The van der Waals surface area contributed by atoms with Gasteiger partial charge in [0.1, 0.15) is 15.7 Å². The second kappa shape index (κ2) is 9.20. The average Bonchev–Trinajstić information content (AvgIpc) is 2.96. The predicted molar refractivity (Wildman–Crippen MR) is 132 cm³/mol. The molecule has 0 bridgehead atoms. The number of anilines is 1. The van der Waals surface area contributed by atoms with Crippen LogP contribution in [-0.2, 0) is 15.5 Å². The first-order valence-corrected chi connectivity index (χ1v) is 13.6. The molecule has 5 nitrogen and oxygen atoms in total. The topological polar surface area (TPSA) is 66.8 Å². The molecule has 0 saturated carbocycles. The molecule has 2 aromatic rings. The smallest absolute Gasteiger partial charge is 0.268 e. The van der Waals surface area contributed by atoms with Crippen LogP contribution >= 0.6 is 22.6 Å². The molecule has 0 unspecified atom stereocenters. The summed E-state index contributed by atoms with van der Waals surface area (Å²) in [4.78, 5) is 18.7. The molecule has 37 heavy (non-hydrogen) atoms. The number of carbonyl (C=O) groups excluding carboxylic acids is 1. The zero-order chi connectivity index (χ0) is 28.4. The van der Waals surface area contributed by atoms with E-state index in [1.165, 1.54) is 19.9 Å². The first-order chi connectivity index (χ1) is 16.6. The normalized spacial score (nSPS) is 16.5. The molecule has 0 N–H and O–H groups in total. The number of nitrogens with zero attached hydrogens (tertiary/aromatic N) is 2. The van der Waals surface area contributed by atoms with Crippen molar-refractivity contribution in [2.75, 3.05) is 16.9 Å². The van der Waals surface area contributed by atoms with E-state index in [1.807, 2.05) is 22.6 Å². The van der Waals surface area contributed by atoms with Gasteiger partial charge in [0.15, 0.2) is 0 Å². The van der Waals surface area contributed by atoms with E-state index in [2.05, 4.69) is 4.99 Å². The number of halogens is 8. The molecule has 0 aliphatic carbocycles. The van der Waals surface area contributed by atoms with Gasteiger partial charge in [-0.1, -0.05) is 24.3 Å². The Kier molecular flexibility index (Phi) is 7.30. The lowest BCUT2D eigenvalue weighted by Crippen LogP contribution is -2.51. The van der Waals surface area contributed by atoms with Crippen LogP contribution in [-0.4, -0.2) is 50.1 Å². The van der Waals surface area contributed by atoms with E-state index in [9.17, 15) is 43.9 Å². The molecule has 1 aliphatic rings. The number of fused-ring (bicyclic) bond motifs is 1. The predicted octanol–water partition coefficient (Wildman–Crippen LogP) is 6.12. The van der Waals surface area contributed by atoms with E-state index >= 15 is 0 Å². The minimum absolute atomic E-state index is 0.0694. The van der Waals surface area contributed by atoms with Crippen LogP contribution < -0.4 is 4.90 Å². The van der Waals surface area contributed by atoms with Gasteiger partial charge in [-0.25, -0.2) is 12.8 Å². The molecular weight excluding hydrogens is 644 g/mol. The summed E-state index contributed by atoms with van der Waals surface area (Å²) in [5, 5.41) is 0. The zero-order valence-corrected chi connectivity index (χ0v) is 22.7. The number of carbonyl (C=O) groups is 1. The molecule has 0 fully saturated rings.